The first-order valence-corrected chi connectivity index (χ1v) is 9.67. The number of thioether (sulfide) groups is 2. The number of rotatable bonds is 7. The summed E-state index contributed by atoms with van der Waals surface area (Å²) >= 11 is 3.40. The molecule has 1 nitrogen and oxygen atoms in total. The van der Waals surface area contributed by atoms with Crippen LogP contribution in [0.3, 0.4) is 0 Å². The van der Waals surface area contributed by atoms with Crippen LogP contribution < -0.4 is 0 Å². The number of benzene rings is 1. The Balaban J connectivity index is 2.22. The summed E-state index contributed by atoms with van der Waals surface area (Å²) in [5.41, 5.74) is 1.60. The van der Waals surface area contributed by atoms with E-state index in [2.05, 4.69) is 49.4 Å². The molecule has 1 fully saturated rings. The van der Waals surface area contributed by atoms with E-state index in [1.807, 2.05) is 13.0 Å². The molecule has 0 amide bonds. The van der Waals surface area contributed by atoms with Gasteiger partial charge in [-0.2, -0.15) is 0 Å². The molecule has 0 spiro atoms. The highest BCUT2D eigenvalue weighted by Gasteiger charge is 2.51. The van der Waals surface area contributed by atoms with E-state index in [-0.39, 0.29) is 0 Å². The second-order valence-corrected chi connectivity index (χ2v) is 7.81. The maximum absolute atomic E-state index is 11.2. The molecule has 3 unspecified atom stereocenters. The Labute approximate surface area is 136 Å². The molecule has 3 heteroatoms. The molecule has 0 saturated heterocycles. The average Bonchev–Trinajstić information content (AvgIpc) is 3.26. The number of aliphatic hydroxyl groups is 1. The van der Waals surface area contributed by atoms with Gasteiger partial charge in [-0.15, -0.1) is 30.1 Å². The minimum absolute atomic E-state index is 0.297. The molecule has 114 valence electrons. The van der Waals surface area contributed by atoms with E-state index in [9.17, 15) is 5.11 Å². The van der Waals surface area contributed by atoms with Gasteiger partial charge in [0, 0.05) is 10.7 Å². The van der Waals surface area contributed by atoms with Crippen LogP contribution in [0.15, 0.2) is 52.8 Å². The summed E-state index contributed by atoms with van der Waals surface area (Å²) in [5.74, 6) is 0.766. The summed E-state index contributed by atoms with van der Waals surface area (Å²) in [6, 6.07) is 10.5. The van der Waals surface area contributed by atoms with Crippen molar-refractivity contribution < 1.29 is 5.11 Å². The van der Waals surface area contributed by atoms with Gasteiger partial charge in [-0.05, 0) is 49.3 Å². The van der Waals surface area contributed by atoms with Crippen LogP contribution in [0, 0.1) is 5.92 Å². The highest BCUT2D eigenvalue weighted by atomic mass is 32.2. The molecule has 1 aliphatic rings. The van der Waals surface area contributed by atoms with Crippen LogP contribution in [0.1, 0.15) is 31.2 Å². The van der Waals surface area contributed by atoms with E-state index in [4.69, 9.17) is 0 Å². The van der Waals surface area contributed by atoms with E-state index in [0.717, 1.165) is 12.0 Å². The van der Waals surface area contributed by atoms with Crippen molar-refractivity contribution in [3.8, 4) is 0 Å². The molecule has 0 aromatic heterocycles. The fourth-order valence-electron chi connectivity index (χ4n) is 2.99. The highest BCUT2D eigenvalue weighted by Crippen LogP contribution is 2.56. The lowest BCUT2D eigenvalue weighted by Gasteiger charge is -2.27. The molecule has 1 N–H and O–H groups in total. The van der Waals surface area contributed by atoms with Gasteiger partial charge in [0.1, 0.15) is 0 Å². The minimum atomic E-state index is -0.770. The van der Waals surface area contributed by atoms with Crippen molar-refractivity contribution in [1.29, 1.82) is 0 Å². The molecule has 3 atom stereocenters. The maximum atomic E-state index is 11.2. The van der Waals surface area contributed by atoms with Gasteiger partial charge in [0.05, 0.1) is 5.60 Å². The Morgan fingerprint density at radius 2 is 1.95 bits per heavy atom. The van der Waals surface area contributed by atoms with E-state index in [1.54, 1.807) is 23.5 Å². The topological polar surface area (TPSA) is 20.2 Å². The SMILES string of the molecule is C=C(C)CC(O)(C=C(SC)SC)C1CC1c1ccccc1. The van der Waals surface area contributed by atoms with Gasteiger partial charge in [-0.3, -0.25) is 0 Å². The Morgan fingerprint density at radius 1 is 1.33 bits per heavy atom. The van der Waals surface area contributed by atoms with Crippen molar-refractivity contribution in [3.05, 3.63) is 58.4 Å². The number of hydrogen-bond donors (Lipinski definition) is 1. The zero-order valence-corrected chi connectivity index (χ0v) is 14.6. The molecule has 1 aromatic carbocycles. The summed E-state index contributed by atoms with van der Waals surface area (Å²) in [6.07, 6.45) is 7.88. The number of hydrogen-bond acceptors (Lipinski definition) is 3. The largest absolute Gasteiger partial charge is 0.385 e. The van der Waals surface area contributed by atoms with Gasteiger partial charge in [0.15, 0.2) is 0 Å². The third kappa shape index (κ3) is 4.18. The van der Waals surface area contributed by atoms with Crippen LogP contribution in [-0.2, 0) is 0 Å². The summed E-state index contributed by atoms with van der Waals surface area (Å²) in [4.78, 5) is 0. The fraction of sp³-hybridized carbons (Fsp3) is 0.444. The van der Waals surface area contributed by atoms with E-state index < -0.39 is 5.60 Å². The Morgan fingerprint density at radius 3 is 2.48 bits per heavy atom. The van der Waals surface area contributed by atoms with E-state index in [0.29, 0.717) is 18.3 Å². The van der Waals surface area contributed by atoms with Crippen molar-refractivity contribution in [2.45, 2.75) is 31.3 Å². The van der Waals surface area contributed by atoms with Crippen LogP contribution in [0.4, 0.5) is 0 Å². The predicted octanol–water partition coefficient (Wildman–Crippen LogP) is 5.05. The molecule has 1 saturated carbocycles. The Bertz CT molecular complexity index is 517. The lowest BCUT2D eigenvalue weighted by Crippen LogP contribution is -2.30. The summed E-state index contributed by atoms with van der Waals surface area (Å²) in [7, 11) is 0. The summed E-state index contributed by atoms with van der Waals surface area (Å²) in [6.45, 7) is 6.00. The second-order valence-electron chi connectivity index (χ2n) is 5.86. The van der Waals surface area contributed by atoms with Crippen LogP contribution in [0.25, 0.3) is 0 Å². The van der Waals surface area contributed by atoms with Gasteiger partial charge in [0.25, 0.3) is 0 Å². The fourth-order valence-corrected chi connectivity index (χ4v) is 4.30. The molecule has 2 rings (SSSR count). The highest BCUT2D eigenvalue weighted by molar-refractivity contribution is 8.21. The molecule has 0 bridgehead atoms. The zero-order chi connectivity index (χ0) is 15.5. The van der Waals surface area contributed by atoms with E-state index in [1.165, 1.54) is 9.80 Å². The van der Waals surface area contributed by atoms with Crippen molar-refractivity contribution in [2.75, 3.05) is 12.5 Å². The first-order valence-electron chi connectivity index (χ1n) is 7.22. The van der Waals surface area contributed by atoms with Crippen LogP contribution in [-0.4, -0.2) is 23.2 Å². The van der Waals surface area contributed by atoms with E-state index >= 15 is 0 Å². The molecular formula is C18H24OS2. The van der Waals surface area contributed by atoms with Crippen molar-refractivity contribution in [2.24, 2.45) is 5.92 Å². The van der Waals surface area contributed by atoms with Crippen LogP contribution >= 0.6 is 23.5 Å². The lowest BCUT2D eigenvalue weighted by atomic mass is 9.88. The van der Waals surface area contributed by atoms with Gasteiger partial charge < -0.3 is 5.11 Å². The smallest absolute Gasteiger partial charge is 0.0917 e. The Kier molecular flexibility index (Phi) is 5.64. The lowest BCUT2D eigenvalue weighted by molar-refractivity contribution is 0.0658. The second kappa shape index (κ2) is 7.08. The molecule has 0 heterocycles. The van der Waals surface area contributed by atoms with Crippen molar-refractivity contribution >= 4 is 23.5 Å². The molecule has 1 aromatic rings. The Hall–Kier alpha value is -0.640. The van der Waals surface area contributed by atoms with Gasteiger partial charge in [0.2, 0.25) is 0 Å². The molecule has 0 aliphatic heterocycles. The monoisotopic (exact) mass is 320 g/mol. The predicted molar refractivity (Wildman–Crippen MR) is 96.8 cm³/mol. The van der Waals surface area contributed by atoms with Crippen molar-refractivity contribution in [1.82, 2.24) is 0 Å². The third-order valence-corrected chi connectivity index (χ3v) is 6.06. The zero-order valence-electron chi connectivity index (χ0n) is 13.0. The van der Waals surface area contributed by atoms with Crippen molar-refractivity contribution in [3.63, 3.8) is 0 Å². The standard InChI is InChI=1S/C18H24OS2/c1-13(2)11-18(19,12-17(20-3)21-4)16-10-15(16)14-8-6-5-7-9-14/h5-9,12,15-16,19H,1,10-11H2,2-4H3. The molecular weight excluding hydrogens is 296 g/mol. The third-order valence-electron chi connectivity index (χ3n) is 4.02. The minimum Gasteiger partial charge on any atom is -0.385 e. The van der Waals surface area contributed by atoms with Gasteiger partial charge >= 0.3 is 0 Å². The molecule has 21 heavy (non-hydrogen) atoms. The quantitative estimate of drug-likeness (QED) is 0.710. The first-order chi connectivity index (χ1) is 10.00. The van der Waals surface area contributed by atoms with Crippen LogP contribution in [0.2, 0.25) is 0 Å². The normalized spacial score (nSPS) is 23.2. The molecule has 1 aliphatic carbocycles. The summed E-state index contributed by atoms with van der Waals surface area (Å²) < 4.78 is 1.18. The first kappa shape index (κ1) is 16.7. The average molecular weight is 321 g/mol. The van der Waals surface area contributed by atoms with Crippen LogP contribution in [0.5, 0.6) is 0 Å². The van der Waals surface area contributed by atoms with Gasteiger partial charge in [-0.25, -0.2) is 0 Å². The summed E-state index contributed by atoms with van der Waals surface area (Å²) in [5, 5.41) is 11.2. The van der Waals surface area contributed by atoms with Gasteiger partial charge in [-0.1, -0.05) is 35.9 Å². The molecule has 0 radical (unpaired) electrons. The maximum Gasteiger partial charge on any atom is 0.0917 e.